The van der Waals surface area contributed by atoms with Crippen molar-refractivity contribution in [3.8, 4) is 28.5 Å². The maximum absolute atomic E-state index is 5.69. The zero-order valence-corrected chi connectivity index (χ0v) is 11.2. The molecular weight excluding hydrogens is 250 g/mol. The summed E-state index contributed by atoms with van der Waals surface area (Å²) in [6.45, 7) is 2.58. The van der Waals surface area contributed by atoms with Crippen LogP contribution in [-0.2, 0) is 0 Å². The molecule has 4 nitrogen and oxygen atoms in total. The van der Waals surface area contributed by atoms with Crippen molar-refractivity contribution in [2.24, 2.45) is 0 Å². The molecule has 0 unspecified atom stereocenters. The van der Waals surface area contributed by atoms with Gasteiger partial charge in [0, 0.05) is 18.5 Å². The molecule has 3 heterocycles. The fourth-order valence-corrected chi connectivity index (χ4v) is 2.07. The Bertz CT molecular complexity index is 677. The Morgan fingerprint density at radius 1 is 1.00 bits per heavy atom. The topological polar surface area (TPSA) is 50.8 Å². The molecule has 0 fully saturated rings. The number of H-pyrrole nitrogens is 1. The lowest BCUT2D eigenvalue weighted by Crippen LogP contribution is -1.92. The Labute approximate surface area is 117 Å². The van der Waals surface area contributed by atoms with Gasteiger partial charge in [0.1, 0.15) is 11.4 Å². The van der Waals surface area contributed by atoms with Gasteiger partial charge in [-0.15, -0.1) is 0 Å². The van der Waals surface area contributed by atoms with Gasteiger partial charge < -0.3 is 9.72 Å². The van der Waals surface area contributed by atoms with Crippen LogP contribution in [0.1, 0.15) is 6.92 Å². The van der Waals surface area contributed by atoms with Gasteiger partial charge in [-0.3, -0.25) is 9.97 Å². The monoisotopic (exact) mass is 265 g/mol. The van der Waals surface area contributed by atoms with E-state index >= 15 is 0 Å². The molecule has 0 aliphatic carbocycles. The molecule has 0 aromatic carbocycles. The Balaban J connectivity index is 2.08. The first-order valence-corrected chi connectivity index (χ1v) is 6.57. The third-order valence-electron chi connectivity index (χ3n) is 2.94. The first-order valence-electron chi connectivity index (χ1n) is 6.57. The summed E-state index contributed by atoms with van der Waals surface area (Å²) in [7, 11) is 0. The van der Waals surface area contributed by atoms with E-state index in [4.69, 9.17) is 4.74 Å². The van der Waals surface area contributed by atoms with Crippen LogP contribution in [0, 0.1) is 0 Å². The highest BCUT2D eigenvalue weighted by molar-refractivity contribution is 5.71. The molecule has 0 saturated carbocycles. The minimum Gasteiger partial charge on any atom is -0.492 e. The summed E-state index contributed by atoms with van der Waals surface area (Å²) in [5.74, 6) is 0.798. The second-order valence-electron chi connectivity index (χ2n) is 4.29. The predicted molar refractivity (Wildman–Crippen MR) is 78.4 cm³/mol. The summed E-state index contributed by atoms with van der Waals surface area (Å²) in [5, 5.41) is 0. The number of hydrogen-bond donors (Lipinski definition) is 1. The summed E-state index contributed by atoms with van der Waals surface area (Å²) in [6, 6.07) is 13.6. The van der Waals surface area contributed by atoms with Gasteiger partial charge in [-0.2, -0.15) is 0 Å². The molecule has 0 saturated heterocycles. The van der Waals surface area contributed by atoms with Gasteiger partial charge in [-0.25, -0.2) is 0 Å². The average Bonchev–Trinajstić information content (AvgIpc) is 2.94. The molecule has 20 heavy (non-hydrogen) atoms. The van der Waals surface area contributed by atoms with Crippen LogP contribution in [0.5, 0.6) is 5.75 Å². The summed E-state index contributed by atoms with van der Waals surface area (Å²) in [6.07, 6.45) is 3.54. The third-order valence-corrected chi connectivity index (χ3v) is 2.94. The number of aromatic amines is 1. The van der Waals surface area contributed by atoms with Crippen molar-refractivity contribution in [1.82, 2.24) is 15.0 Å². The quantitative estimate of drug-likeness (QED) is 0.785. The van der Waals surface area contributed by atoms with E-state index in [1.807, 2.05) is 49.4 Å². The maximum atomic E-state index is 5.69. The fraction of sp³-hybridized carbons (Fsp3) is 0.125. The molecule has 0 atom stereocenters. The van der Waals surface area contributed by atoms with E-state index in [9.17, 15) is 0 Å². The second-order valence-corrected chi connectivity index (χ2v) is 4.29. The van der Waals surface area contributed by atoms with Gasteiger partial charge in [0.25, 0.3) is 0 Å². The number of rotatable bonds is 4. The standard InChI is InChI=1S/C16H15N3O/c1-2-20-15-11-14(12-7-3-5-9-17-12)19-16(15)13-8-4-6-10-18-13/h3-11,19H,2H2,1H3. The molecule has 1 N–H and O–H groups in total. The van der Waals surface area contributed by atoms with Crippen LogP contribution in [0.15, 0.2) is 54.9 Å². The number of aromatic nitrogens is 3. The number of nitrogens with one attached hydrogen (secondary N) is 1. The van der Waals surface area contributed by atoms with Crippen LogP contribution < -0.4 is 4.74 Å². The molecule has 4 heteroatoms. The van der Waals surface area contributed by atoms with Crippen molar-refractivity contribution >= 4 is 0 Å². The van der Waals surface area contributed by atoms with Gasteiger partial charge >= 0.3 is 0 Å². The highest BCUT2D eigenvalue weighted by atomic mass is 16.5. The minimum atomic E-state index is 0.610. The molecule has 0 amide bonds. The van der Waals surface area contributed by atoms with Crippen molar-refractivity contribution in [1.29, 1.82) is 0 Å². The van der Waals surface area contributed by atoms with Crippen LogP contribution >= 0.6 is 0 Å². The molecule has 0 aliphatic heterocycles. The van der Waals surface area contributed by atoms with E-state index in [1.54, 1.807) is 12.4 Å². The Kier molecular flexibility index (Phi) is 3.46. The summed E-state index contributed by atoms with van der Waals surface area (Å²) in [4.78, 5) is 12.1. The fourth-order valence-electron chi connectivity index (χ4n) is 2.07. The normalized spacial score (nSPS) is 10.4. The molecule has 0 radical (unpaired) electrons. The van der Waals surface area contributed by atoms with Gasteiger partial charge in [0.15, 0.2) is 0 Å². The highest BCUT2D eigenvalue weighted by Gasteiger charge is 2.13. The lowest BCUT2D eigenvalue weighted by molar-refractivity contribution is 0.342. The van der Waals surface area contributed by atoms with Crippen LogP contribution in [0.2, 0.25) is 0 Å². The van der Waals surface area contributed by atoms with E-state index < -0.39 is 0 Å². The van der Waals surface area contributed by atoms with Crippen molar-refractivity contribution in [3.63, 3.8) is 0 Å². The minimum absolute atomic E-state index is 0.610. The summed E-state index contributed by atoms with van der Waals surface area (Å²) < 4.78 is 5.69. The van der Waals surface area contributed by atoms with Gasteiger partial charge in [-0.05, 0) is 31.2 Å². The lowest BCUT2D eigenvalue weighted by Gasteiger charge is -2.03. The average molecular weight is 265 g/mol. The van der Waals surface area contributed by atoms with Crippen LogP contribution in [0.3, 0.4) is 0 Å². The lowest BCUT2D eigenvalue weighted by atomic mass is 10.2. The van der Waals surface area contributed by atoms with Crippen molar-refractivity contribution in [2.45, 2.75) is 6.92 Å². The van der Waals surface area contributed by atoms with E-state index in [0.29, 0.717) is 6.61 Å². The van der Waals surface area contributed by atoms with Gasteiger partial charge in [0.05, 0.1) is 23.7 Å². The first-order chi connectivity index (χ1) is 9.88. The summed E-state index contributed by atoms with van der Waals surface area (Å²) in [5.41, 5.74) is 3.55. The zero-order chi connectivity index (χ0) is 13.8. The first kappa shape index (κ1) is 12.4. The van der Waals surface area contributed by atoms with Crippen molar-refractivity contribution in [2.75, 3.05) is 6.61 Å². The van der Waals surface area contributed by atoms with Crippen LogP contribution in [0.4, 0.5) is 0 Å². The molecule has 3 aromatic rings. The third kappa shape index (κ3) is 2.40. The Morgan fingerprint density at radius 2 is 1.70 bits per heavy atom. The van der Waals surface area contributed by atoms with E-state index in [1.165, 1.54) is 0 Å². The number of nitrogens with zero attached hydrogens (tertiary/aromatic N) is 2. The predicted octanol–water partition coefficient (Wildman–Crippen LogP) is 3.54. The number of ether oxygens (including phenoxy) is 1. The molecule has 3 aromatic heterocycles. The maximum Gasteiger partial charge on any atom is 0.147 e. The number of pyridine rings is 2. The Morgan fingerprint density at radius 3 is 2.30 bits per heavy atom. The molecular formula is C16H15N3O. The molecule has 100 valence electrons. The Hall–Kier alpha value is -2.62. The van der Waals surface area contributed by atoms with Crippen molar-refractivity contribution < 1.29 is 4.74 Å². The largest absolute Gasteiger partial charge is 0.492 e. The molecule has 0 spiro atoms. The zero-order valence-electron chi connectivity index (χ0n) is 11.2. The highest BCUT2D eigenvalue weighted by Crippen LogP contribution is 2.32. The molecule has 3 rings (SSSR count). The van der Waals surface area contributed by atoms with Crippen LogP contribution in [0.25, 0.3) is 22.8 Å². The van der Waals surface area contributed by atoms with Gasteiger partial charge in [-0.1, -0.05) is 12.1 Å². The van der Waals surface area contributed by atoms with Crippen molar-refractivity contribution in [3.05, 3.63) is 54.9 Å². The number of hydrogen-bond acceptors (Lipinski definition) is 3. The van der Waals surface area contributed by atoms with E-state index in [-0.39, 0.29) is 0 Å². The van der Waals surface area contributed by atoms with Crippen LogP contribution in [-0.4, -0.2) is 21.6 Å². The van der Waals surface area contributed by atoms with E-state index in [0.717, 1.165) is 28.5 Å². The second kappa shape index (κ2) is 5.57. The summed E-state index contributed by atoms with van der Waals surface area (Å²) >= 11 is 0. The molecule has 0 aliphatic rings. The van der Waals surface area contributed by atoms with Gasteiger partial charge in [0.2, 0.25) is 0 Å². The molecule has 0 bridgehead atoms. The van der Waals surface area contributed by atoms with E-state index in [2.05, 4.69) is 15.0 Å². The SMILES string of the molecule is CCOc1cc(-c2ccccn2)[nH]c1-c1ccccn1. The smallest absolute Gasteiger partial charge is 0.147 e.